The van der Waals surface area contributed by atoms with E-state index >= 15 is 4.39 Å². The number of nitrogens with zero attached hydrogens (tertiary/aromatic N) is 3. The zero-order chi connectivity index (χ0) is 22.4. The third kappa shape index (κ3) is 3.66. The molecule has 9 nitrogen and oxygen atoms in total. The van der Waals surface area contributed by atoms with Crippen LogP contribution in [0.2, 0.25) is 0 Å². The van der Waals surface area contributed by atoms with Crippen molar-refractivity contribution in [1.29, 1.82) is 0 Å². The van der Waals surface area contributed by atoms with Gasteiger partial charge in [-0.2, -0.15) is 0 Å². The number of piperazine rings is 1. The molecule has 0 radical (unpaired) electrons. The summed E-state index contributed by atoms with van der Waals surface area (Å²) < 4.78 is 27.4. The first-order chi connectivity index (χ1) is 14.7. The molecule has 1 aromatic carbocycles. The molecular weight excluding hydrogens is 409 g/mol. The highest BCUT2D eigenvalue weighted by Crippen LogP contribution is 2.42. The molecule has 166 valence electrons. The number of aromatic nitrogens is 1. The number of carbonyl (C=O) groups excluding carboxylic acids is 2. The Morgan fingerprint density at radius 3 is 2.61 bits per heavy atom. The van der Waals surface area contributed by atoms with Crippen molar-refractivity contribution in [3.63, 3.8) is 0 Å². The van der Waals surface area contributed by atoms with E-state index in [9.17, 15) is 19.5 Å². The van der Waals surface area contributed by atoms with Gasteiger partial charge in [-0.15, -0.1) is 0 Å². The zero-order valence-corrected chi connectivity index (χ0v) is 17.6. The summed E-state index contributed by atoms with van der Waals surface area (Å²) in [6.45, 7) is 5.96. The van der Waals surface area contributed by atoms with Crippen molar-refractivity contribution >= 4 is 28.5 Å². The summed E-state index contributed by atoms with van der Waals surface area (Å²) in [6, 6.07) is 0.861. The SMILES string of the molecule is C[C@@H](O)C(=O)OC(=O)c1cn2c3c(c(N4CCN(C)CC4)c(F)cc3c1=O)OC[C@@H]2C. The quantitative estimate of drug-likeness (QED) is 0.563. The summed E-state index contributed by atoms with van der Waals surface area (Å²) in [5, 5.41) is 9.24. The van der Waals surface area contributed by atoms with Crippen molar-refractivity contribution in [2.75, 3.05) is 44.7 Å². The minimum atomic E-state index is -1.52. The summed E-state index contributed by atoms with van der Waals surface area (Å²) >= 11 is 0. The number of anilines is 1. The van der Waals surface area contributed by atoms with Gasteiger partial charge in [0.1, 0.15) is 24.0 Å². The fraction of sp³-hybridized carbons (Fsp3) is 0.476. The van der Waals surface area contributed by atoms with E-state index in [1.165, 1.54) is 6.20 Å². The summed E-state index contributed by atoms with van der Waals surface area (Å²) in [4.78, 5) is 41.1. The summed E-state index contributed by atoms with van der Waals surface area (Å²) in [6.07, 6.45) is -0.210. The van der Waals surface area contributed by atoms with Crippen molar-refractivity contribution in [1.82, 2.24) is 9.47 Å². The number of aliphatic hydroxyl groups is 1. The maximum atomic E-state index is 15.2. The van der Waals surface area contributed by atoms with Gasteiger partial charge in [0, 0.05) is 32.4 Å². The van der Waals surface area contributed by atoms with Gasteiger partial charge in [0.05, 0.1) is 16.9 Å². The highest BCUT2D eigenvalue weighted by atomic mass is 19.1. The Morgan fingerprint density at radius 1 is 1.29 bits per heavy atom. The van der Waals surface area contributed by atoms with Crippen molar-refractivity contribution in [2.24, 2.45) is 0 Å². The van der Waals surface area contributed by atoms with Crippen LogP contribution in [-0.4, -0.2) is 72.4 Å². The van der Waals surface area contributed by atoms with Gasteiger partial charge in [0.2, 0.25) is 5.43 Å². The second kappa shape index (κ2) is 7.93. The van der Waals surface area contributed by atoms with Gasteiger partial charge in [-0.3, -0.25) is 4.79 Å². The lowest BCUT2D eigenvalue weighted by Gasteiger charge is -2.37. The summed E-state index contributed by atoms with van der Waals surface area (Å²) in [7, 11) is 2.00. The van der Waals surface area contributed by atoms with E-state index < -0.39 is 34.9 Å². The Balaban J connectivity index is 1.88. The van der Waals surface area contributed by atoms with Crippen LogP contribution in [0.25, 0.3) is 10.9 Å². The molecule has 2 aliphatic heterocycles. The van der Waals surface area contributed by atoms with Crippen molar-refractivity contribution in [3.05, 3.63) is 33.9 Å². The second-order valence-corrected chi connectivity index (χ2v) is 8.05. The Labute approximate surface area is 177 Å². The molecule has 0 aliphatic carbocycles. The molecular formula is C21H24FN3O6. The van der Waals surface area contributed by atoms with Crippen LogP contribution in [0.5, 0.6) is 5.75 Å². The number of halogens is 1. The largest absolute Gasteiger partial charge is 0.487 e. The van der Waals surface area contributed by atoms with Crippen molar-refractivity contribution in [3.8, 4) is 5.75 Å². The maximum Gasteiger partial charge on any atom is 0.351 e. The van der Waals surface area contributed by atoms with Gasteiger partial charge in [0.25, 0.3) is 0 Å². The van der Waals surface area contributed by atoms with Crippen LogP contribution >= 0.6 is 0 Å². The van der Waals surface area contributed by atoms with Crippen LogP contribution in [0.1, 0.15) is 30.2 Å². The van der Waals surface area contributed by atoms with E-state index in [1.54, 1.807) is 4.57 Å². The number of esters is 2. The molecule has 0 saturated carbocycles. The first kappa shape index (κ1) is 21.3. The molecule has 0 spiro atoms. The fourth-order valence-electron chi connectivity index (χ4n) is 3.91. The van der Waals surface area contributed by atoms with Gasteiger partial charge < -0.3 is 28.9 Å². The number of benzene rings is 1. The molecule has 0 amide bonds. The lowest BCUT2D eigenvalue weighted by atomic mass is 10.1. The van der Waals surface area contributed by atoms with Crippen molar-refractivity contribution < 1.29 is 28.6 Å². The van der Waals surface area contributed by atoms with Gasteiger partial charge in [-0.1, -0.05) is 0 Å². The average Bonchev–Trinajstić information content (AvgIpc) is 2.72. The summed E-state index contributed by atoms with van der Waals surface area (Å²) in [5.41, 5.74) is -0.469. The van der Waals surface area contributed by atoms with Crippen LogP contribution in [-0.2, 0) is 9.53 Å². The third-order valence-corrected chi connectivity index (χ3v) is 5.72. The maximum absolute atomic E-state index is 15.2. The predicted molar refractivity (Wildman–Crippen MR) is 110 cm³/mol. The zero-order valence-electron chi connectivity index (χ0n) is 17.6. The van der Waals surface area contributed by atoms with Crippen LogP contribution in [0.4, 0.5) is 10.1 Å². The van der Waals surface area contributed by atoms with Gasteiger partial charge in [0.15, 0.2) is 11.6 Å². The predicted octanol–water partition coefficient (Wildman–Crippen LogP) is 0.910. The second-order valence-electron chi connectivity index (χ2n) is 8.05. The minimum Gasteiger partial charge on any atom is -0.487 e. The highest BCUT2D eigenvalue weighted by Gasteiger charge is 2.31. The molecule has 1 N–H and O–H groups in total. The molecule has 0 unspecified atom stereocenters. The topological polar surface area (TPSA) is 101 Å². The van der Waals surface area contributed by atoms with Crippen molar-refractivity contribution in [2.45, 2.75) is 26.0 Å². The van der Waals surface area contributed by atoms with E-state index in [1.807, 2.05) is 18.9 Å². The van der Waals surface area contributed by atoms with E-state index in [-0.39, 0.29) is 23.8 Å². The Bertz CT molecular complexity index is 1120. The molecule has 10 heteroatoms. The van der Waals surface area contributed by atoms with E-state index in [0.29, 0.717) is 24.3 Å². The Kier molecular flexibility index (Phi) is 5.44. The number of ether oxygens (including phenoxy) is 2. The molecule has 31 heavy (non-hydrogen) atoms. The van der Waals surface area contributed by atoms with Gasteiger partial charge >= 0.3 is 11.9 Å². The first-order valence-electron chi connectivity index (χ1n) is 10.1. The minimum absolute atomic E-state index is 0.0316. The molecule has 1 aromatic heterocycles. The molecule has 3 heterocycles. The van der Waals surface area contributed by atoms with E-state index in [2.05, 4.69) is 9.64 Å². The van der Waals surface area contributed by atoms with E-state index in [0.717, 1.165) is 26.1 Å². The van der Waals surface area contributed by atoms with Crippen LogP contribution in [0, 0.1) is 5.82 Å². The molecule has 2 atom stereocenters. The third-order valence-electron chi connectivity index (χ3n) is 5.72. The Hall–Kier alpha value is -2.98. The molecule has 2 aliphatic rings. The molecule has 2 aromatic rings. The smallest absolute Gasteiger partial charge is 0.351 e. The molecule has 4 rings (SSSR count). The van der Waals surface area contributed by atoms with Crippen LogP contribution in [0.3, 0.4) is 0 Å². The fourth-order valence-corrected chi connectivity index (χ4v) is 3.91. The standard InChI is InChI=1S/C21H24FN3O6/c1-11-10-30-19-16-13(8-15(22)17(19)24-6-4-23(3)5-7-24)18(27)14(9-25(11)16)21(29)31-20(28)12(2)26/h8-9,11-12,26H,4-7,10H2,1-3H3/t11-,12+/m0/s1. The lowest BCUT2D eigenvalue weighted by Crippen LogP contribution is -2.45. The number of likely N-dealkylation sites (N-methyl/N-ethyl adjacent to an activating group) is 1. The number of hydrogen-bond donors (Lipinski definition) is 1. The van der Waals surface area contributed by atoms with Crippen LogP contribution < -0.4 is 15.1 Å². The molecule has 1 saturated heterocycles. The highest BCUT2D eigenvalue weighted by molar-refractivity contribution is 6.01. The normalized spacial score (nSPS) is 19.8. The number of hydrogen-bond acceptors (Lipinski definition) is 8. The average molecular weight is 433 g/mol. The number of rotatable bonds is 3. The number of carbonyl (C=O) groups is 2. The van der Waals surface area contributed by atoms with E-state index in [4.69, 9.17) is 4.74 Å². The number of aliphatic hydroxyl groups excluding tert-OH is 1. The Morgan fingerprint density at radius 2 is 1.97 bits per heavy atom. The summed E-state index contributed by atoms with van der Waals surface area (Å²) in [5.74, 6) is -2.70. The molecule has 0 bridgehead atoms. The monoisotopic (exact) mass is 433 g/mol. The van der Waals surface area contributed by atoms with Gasteiger partial charge in [-0.25, -0.2) is 14.0 Å². The van der Waals surface area contributed by atoms with Crippen LogP contribution in [0.15, 0.2) is 17.1 Å². The first-order valence-corrected chi connectivity index (χ1v) is 10.1. The lowest BCUT2D eigenvalue weighted by molar-refractivity contribution is -0.146. The molecule has 1 fully saturated rings. The van der Waals surface area contributed by atoms with Gasteiger partial charge in [-0.05, 0) is 27.0 Å². The number of pyridine rings is 1.